The number of fused-ring (bicyclic) bond motifs is 1. The van der Waals surface area contributed by atoms with E-state index >= 15 is 0 Å². The van der Waals surface area contributed by atoms with Crippen LogP contribution in [0.15, 0.2) is 18.2 Å². The Morgan fingerprint density at radius 1 is 1.41 bits per heavy atom. The fourth-order valence-electron chi connectivity index (χ4n) is 2.88. The van der Waals surface area contributed by atoms with Gasteiger partial charge in [-0.15, -0.1) is 0 Å². The molecule has 3 rings (SSSR count). The Bertz CT molecular complexity index is 724. The van der Waals surface area contributed by atoms with Crippen LogP contribution in [0.25, 0.3) is 0 Å². The van der Waals surface area contributed by atoms with Crippen molar-refractivity contribution in [3.63, 3.8) is 0 Å². The number of halogens is 1. The molecule has 1 aromatic heterocycles. The van der Waals surface area contributed by atoms with Gasteiger partial charge in [0.1, 0.15) is 5.82 Å². The summed E-state index contributed by atoms with van der Waals surface area (Å²) < 4.78 is 2.15. The maximum absolute atomic E-state index is 11.1. The second kappa shape index (κ2) is 6.01. The molecule has 22 heavy (non-hydrogen) atoms. The van der Waals surface area contributed by atoms with Gasteiger partial charge in [0.2, 0.25) is 0 Å². The molecule has 1 aliphatic rings. The molecule has 6 heteroatoms. The van der Waals surface area contributed by atoms with Gasteiger partial charge in [0, 0.05) is 18.4 Å². The quantitative estimate of drug-likeness (QED) is 0.907. The first kappa shape index (κ1) is 14.9. The highest BCUT2D eigenvalue weighted by Gasteiger charge is 2.17. The first-order valence-electron chi connectivity index (χ1n) is 7.36. The van der Waals surface area contributed by atoms with E-state index in [1.165, 1.54) is 24.2 Å². The van der Waals surface area contributed by atoms with Gasteiger partial charge in [-0.25, -0.2) is 9.78 Å². The normalized spacial score (nSPS) is 13.7. The van der Waals surface area contributed by atoms with Crippen molar-refractivity contribution in [2.24, 2.45) is 7.05 Å². The van der Waals surface area contributed by atoms with Crippen molar-refractivity contribution in [2.75, 3.05) is 5.32 Å². The van der Waals surface area contributed by atoms with E-state index < -0.39 is 5.97 Å². The molecule has 0 fully saturated rings. The predicted octanol–water partition coefficient (Wildman–Crippen LogP) is 3.26. The lowest BCUT2D eigenvalue weighted by molar-refractivity contribution is 0.0697. The van der Waals surface area contributed by atoms with Crippen LogP contribution < -0.4 is 5.32 Å². The summed E-state index contributed by atoms with van der Waals surface area (Å²) in [5, 5.41) is 12.6. The van der Waals surface area contributed by atoms with E-state index in [2.05, 4.69) is 9.88 Å². The van der Waals surface area contributed by atoms with Gasteiger partial charge in [-0.05, 0) is 43.9 Å². The summed E-state index contributed by atoms with van der Waals surface area (Å²) in [6.07, 6.45) is 4.56. The summed E-state index contributed by atoms with van der Waals surface area (Å²) in [5.74, 6) is -0.0557. The minimum atomic E-state index is -1.03. The molecule has 116 valence electrons. The van der Waals surface area contributed by atoms with Crippen molar-refractivity contribution in [1.82, 2.24) is 9.55 Å². The number of imidazole rings is 1. The SMILES string of the molecule is Cn1c(CNc2ccc(Cl)c(C(=O)O)c2)nc2c1CCCC2. The highest BCUT2D eigenvalue weighted by atomic mass is 35.5. The fraction of sp³-hybridized carbons (Fsp3) is 0.375. The highest BCUT2D eigenvalue weighted by molar-refractivity contribution is 6.33. The topological polar surface area (TPSA) is 67.2 Å². The van der Waals surface area contributed by atoms with Crippen molar-refractivity contribution < 1.29 is 9.90 Å². The number of hydrogen-bond acceptors (Lipinski definition) is 3. The molecule has 0 bridgehead atoms. The highest BCUT2D eigenvalue weighted by Crippen LogP contribution is 2.23. The molecule has 0 saturated carbocycles. The Morgan fingerprint density at radius 2 is 2.18 bits per heavy atom. The van der Waals surface area contributed by atoms with Gasteiger partial charge in [-0.1, -0.05) is 11.6 Å². The van der Waals surface area contributed by atoms with Crippen molar-refractivity contribution >= 4 is 23.3 Å². The molecule has 0 spiro atoms. The number of benzene rings is 1. The van der Waals surface area contributed by atoms with Gasteiger partial charge in [0.25, 0.3) is 0 Å². The number of aryl methyl sites for hydroxylation is 1. The van der Waals surface area contributed by atoms with Crippen LogP contribution in [0.3, 0.4) is 0 Å². The third kappa shape index (κ3) is 2.81. The van der Waals surface area contributed by atoms with Crippen LogP contribution in [0.5, 0.6) is 0 Å². The molecule has 5 nitrogen and oxygen atoms in total. The first-order chi connectivity index (χ1) is 10.6. The number of carboxylic acids is 1. The Hall–Kier alpha value is -2.01. The van der Waals surface area contributed by atoms with Gasteiger partial charge >= 0.3 is 5.97 Å². The molecular weight excluding hydrogens is 302 g/mol. The average molecular weight is 320 g/mol. The molecule has 0 aliphatic heterocycles. The second-order valence-electron chi connectivity index (χ2n) is 5.54. The molecular formula is C16H18ClN3O2. The van der Waals surface area contributed by atoms with Gasteiger partial charge in [-0.2, -0.15) is 0 Å². The number of nitrogens with zero attached hydrogens (tertiary/aromatic N) is 2. The maximum atomic E-state index is 11.1. The summed E-state index contributed by atoms with van der Waals surface area (Å²) >= 11 is 5.88. The smallest absolute Gasteiger partial charge is 0.337 e. The number of hydrogen-bond donors (Lipinski definition) is 2. The number of anilines is 1. The first-order valence-corrected chi connectivity index (χ1v) is 7.74. The van der Waals surface area contributed by atoms with E-state index in [4.69, 9.17) is 21.7 Å². The van der Waals surface area contributed by atoms with Crippen molar-refractivity contribution in [3.05, 3.63) is 46.0 Å². The van der Waals surface area contributed by atoms with Crippen LogP contribution in [0.2, 0.25) is 5.02 Å². The lowest BCUT2D eigenvalue weighted by Gasteiger charge is -2.12. The Balaban J connectivity index is 1.77. The maximum Gasteiger partial charge on any atom is 0.337 e. The molecule has 0 atom stereocenters. The summed E-state index contributed by atoms with van der Waals surface area (Å²) in [6.45, 7) is 0.560. The van der Waals surface area contributed by atoms with Crippen LogP contribution in [0.4, 0.5) is 5.69 Å². The Labute approximate surface area is 133 Å². The molecule has 1 heterocycles. The van der Waals surface area contributed by atoms with Gasteiger partial charge in [0.15, 0.2) is 0 Å². The molecule has 2 aromatic rings. The summed E-state index contributed by atoms with van der Waals surface area (Å²) in [5.41, 5.74) is 3.35. The average Bonchev–Trinajstić information content (AvgIpc) is 2.83. The predicted molar refractivity (Wildman–Crippen MR) is 85.6 cm³/mol. The van der Waals surface area contributed by atoms with Gasteiger partial charge in [-0.3, -0.25) is 0 Å². The third-order valence-electron chi connectivity index (χ3n) is 4.11. The van der Waals surface area contributed by atoms with Crippen LogP contribution in [0, 0.1) is 0 Å². The van der Waals surface area contributed by atoms with E-state index in [0.29, 0.717) is 6.54 Å². The number of carbonyl (C=O) groups is 1. The monoisotopic (exact) mass is 319 g/mol. The largest absolute Gasteiger partial charge is 0.478 e. The lowest BCUT2D eigenvalue weighted by Crippen LogP contribution is -2.09. The number of aromatic carboxylic acids is 1. The van der Waals surface area contributed by atoms with E-state index in [0.717, 1.165) is 24.4 Å². The Kier molecular flexibility index (Phi) is 4.07. The zero-order valence-corrected chi connectivity index (χ0v) is 13.2. The zero-order valence-electron chi connectivity index (χ0n) is 12.4. The molecule has 0 amide bonds. The summed E-state index contributed by atoms with van der Waals surface area (Å²) in [7, 11) is 2.04. The Morgan fingerprint density at radius 3 is 2.91 bits per heavy atom. The van der Waals surface area contributed by atoms with Gasteiger partial charge in [0.05, 0.1) is 22.8 Å². The second-order valence-corrected chi connectivity index (χ2v) is 5.95. The van der Waals surface area contributed by atoms with Crippen molar-refractivity contribution in [1.29, 1.82) is 0 Å². The van der Waals surface area contributed by atoms with E-state index in [1.54, 1.807) is 18.2 Å². The van der Waals surface area contributed by atoms with Crippen LogP contribution in [-0.4, -0.2) is 20.6 Å². The van der Waals surface area contributed by atoms with E-state index in [-0.39, 0.29) is 10.6 Å². The van der Waals surface area contributed by atoms with Crippen molar-refractivity contribution in [2.45, 2.75) is 32.2 Å². The number of aromatic nitrogens is 2. The fourth-order valence-corrected chi connectivity index (χ4v) is 3.08. The number of rotatable bonds is 4. The molecule has 0 unspecified atom stereocenters. The molecule has 1 aliphatic carbocycles. The van der Waals surface area contributed by atoms with E-state index in [9.17, 15) is 4.79 Å². The van der Waals surface area contributed by atoms with Crippen LogP contribution >= 0.6 is 11.6 Å². The summed E-state index contributed by atoms with van der Waals surface area (Å²) in [6, 6.07) is 4.92. The van der Waals surface area contributed by atoms with Crippen LogP contribution in [0.1, 0.15) is 40.4 Å². The molecule has 2 N–H and O–H groups in total. The third-order valence-corrected chi connectivity index (χ3v) is 4.44. The lowest BCUT2D eigenvalue weighted by atomic mass is 10.0. The van der Waals surface area contributed by atoms with Gasteiger partial charge < -0.3 is 15.0 Å². The van der Waals surface area contributed by atoms with Crippen molar-refractivity contribution in [3.8, 4) is 0 Å². The molecule has 0 saturated heterocycles. The minimum Gasteiger partial charge on any atom is -0.478 e. The number of nitrogens with one attached hydrogen (secondary N) is 1. The van der Waals surface area contributed by atoms with E-state index in [1.807, 2.05) is 7.05 Å². The summed E-state index contributed by atoms with van der Waals surface area (Å²) in [4.78, 5) is 15.8. The standard InChI is InChI=1S/C16H18ClN3O2/c1-20-14-5-3-2-4-13(14)19-15(20)9-18-10-6-7-12(17)11(8-10)16(21)22/h6-8,18H,2-5,9H2,1H3,(H,21,22). The molecule has 0 radical (unpaired) electrons. The zero-order chi connectivity index (χ0) is 15.7. The molecule has 1 aromatic carbocycles. The minimum absolute atomic E-state index is 0.103. The number of carboxylic acid groups (broad SMARTS) is 1. The van der Waals surface area contributed by atoms with Crippen LogP contribution in [-0.2, 0) is 26.4 Å².